The SMILES string of the molecule is Cc1ccc(CNC(=O)[C@@H](N)CC(C)C)c(OCC(F)(F)F)c1.Cl. The third-order valence-corrected chi connectivity index (χ3v) is 3.13. The van der Waals surface area contributed by atoms with Gasteiger partial charge in [0.15, 0.2) is 6.61 Å². The molecule has 0 aliphatic carbocycles. The summed E-state index contributed by atoms with van der Waals surface area (Å²) < 4.78 is 41.7. The Labute approximate surface area is 146 Å². The lowest BCUT2D eigenvalue weighted by atomic mass is 10.0. The van der Waals surface area contributed by atoms with Crippen LogP contribution in [0, 0.1) is 12.8 Å². The molecule has 0 aliphatic heterocycles. The van der Waals surface area contributed by atoms with Crippen molar-refractivity contribution in [2.45, 2.75) is 46.0 Å². The van der Waals surface area contributed by atoms with Crippen molar-refractivity contribution in [3.8, 4) is 5.75 Å². The summed E-state index contributed by atoms with van der Waals surface area (Å²) >= 11 is 0. The Morgan fingerprint density at radius 1 is 1.33 bits per heavy atom. The highest BCUT2D eigenvalue weighted by Gasteiger charge is 2.28. The highest BCUT2D eigenvalue weighted by atomic mass is 35.5. The first-order valence-corrected chi connectivity index (χ1v) is 7.41. The van der Waals surface area contributed by atoms with Crippen molar-refractivity contribution in [2.24, 2.45) is 11.7 Å². The van der Waals surface area contributed by atoms with Crippen molar-refractivity contribution in [1.29, 1.82) is 0 Å². The maximum absolute atomic E-state index is 12.3. The second-order valence-electron chi connectivity index (χ2n) is 5.97. The van der Waals surface area contributed by atoms with Crippen molar-refractivity contribution in [1.82, 2.24) is 5.32 Å². The standard InChI is InChI=1S/C16H23F3N2O2.ClH/c1-10(2)6-13(20)15(22)21-8-12-5-4-11(3)7-14(12)23-9-16(17,18)19;/h4-5,7,10,13H,6,8-9,20H2,1-3H3,(H,21,22);1H/t13-;/m0./s1. The van der Waals surface area contributed by atoms with Crippen LogP contribution in [0.4, 0.5) is 13.2 Å². The van der Waals surface area contributed by atoms with Crippen molar-refractivity contribution < 1.29 is 22.7 Å². The maximum Gasteiger partial charge on any atom is 0.422 e. The molecule has 0 aliphatic rings. The van der Waals surface area contributed by atoms with Crippen LogP contribution in [0.2, 0.25) is 0 Å². The summed E-state index contributed by atoms with van der Waals surface area (Å²) in [6.07, 6.45) is -3.87. The number of ether oxygens (including phenoxy) is 1. The number of rotatable bonds is 7. The second-order valence-corrected chi connectivity index (χ2v) is 5.97. The number of halogens is 4. The summed E-state index contributed by atoms with van der Waals surface area (Å²) in [5.41, 5.74) is 7.02. The van der Waals surface area contributed by atoms with Crippen molar-refractivity contribution in [3.05, 3.63) is 29.3 Å². The highest BCUT2D eigenvalue weighted by molar-refractivity contribution is 5.85. The number of nitrogens with two attached hydrogens (primary N) is 1. The van der Waals surface area contributed by atoms with Crippen LogP contribution < -0.4 is 15.8 Å². The summed E-state index contributed by atoms with van der Waals surface area (Å²) in [5.74, 6) is 0.0573. The molecule has 24 heavy (non-hydrogen) atoms. The van der Waals surface area contributed by atoms with Crippen LogP contribution in [0.15, 0.2) is 18.2 Å². The molecule has 1 atom stereocenters. The van der Waals surface area contributed by atoms with Gasteiger partial charge in [-0.3, -0.25) is 4.79 Å². The quantitative estimate of drug-likeness (QED) is 0.775. The predicted molar refractivity (Wildman–Crippen MR) is 89.3 cm³/mol. The Morgan fingerprint density at radius 2 is 1.96 bits per heavy atom. The van der Waals surface area contributed by atoms with Crippen LogP contribution in [0.3, 0.4) is 0 Å². The van der Waals surface area contributed by atoms with E-state index in [4.69, 9.17) is 10.5 Å². The molecular weight excluding hydrogens is 345 g/mol. The fourth-order valence-corrected chi connectivity index (χ4v) is 2.03. The third kappa shape index (κ3) is 8.40. The topological polar surface area (TPSA) is 64.4 Å². The number of hydrogen-bond donors (Lipinski definition) is 2. The van der Waals surface area contributed by atoms with E-state index in [2.05, 4.69) is 5.32 Å². The van der Waals surface area contributed by atoms with Gasteiger partial charge in [0.05, 0.1) is 6.04 Å². The largest absolute Gasteiger partial charge is 0.484 e. The normalized spacial score (nSPS) is 12.5. The number of carbonyl (C=O) groups is 1. The maximum atomic E-state index is 12.3. The van der Waals surface area contributed by atoms with Gasteiger partial charge in [-0.05, 0) is 30.9 Å². The van der Waals surface area contributed by atoms with Crippen LogP contribution in [0.25, 0.3) is 0 Å². The highest BCUT2D eigenvalue weighted by Crippen LogP contribution is 2.23. The van der Waals surface area contributed by atoms with E-state index in [1.54, 1.807) is 19.1 Å². The average Bonchev–Trinajstić information content (AvgIpc) is 2.42. The number of nitrogens with one attached hydrogen (secondary N) is 1. The number of benzene rings is 1. The van der Waals surface area contributed by atoms with Crippen molar-refractivity contribution in [3.63, 3.8) is 0 Å². The molecule has 0 saturated heterocycles. The Balaban J connectivity index is 0.00000529. The zero-order valence-corrected chi connectivity index (χ0v) is 14.8. The fourth-order valence-electron chi connectivity index (χ4n) is 2.03. The molecule has 4 nitrogen and oxygen atoms in total. The van der Waals surface area contributed by atoms with Crippen molar-refractivity contribution >= 4 is 18.3 Å². The van der Waals surface area contributed by atoms with Crippen LogP contribution in [0.1, 0.15) is 31.4 Å². The van der Waals surface area contributed by atoms with Gasteiger partial charge in [0, 0.05) is 12.1 Å². The summed E-state index contributed by atoms with van der Waals surface area (Å²) in [6.45, 7) is 4.36. The smallest absolute Gasteiger partial charge is 0.422 e. The van der Waals surface area contributed by atoms with E-state index in [0.29, 0.717) is 12.0 Å². The van der Waals surface area contributed by atoms with Crippen LogP contribution in [-0.4, -0.2) is 24.7 Å². The molecule has 0 saturated carbocycles. The minimum absolute atomic E-state index is 0. The lowest BCUT2D eigenvalue weighted by Gasteiger charge is -2.17. The van der Waals surface area contributed by atoms with E-state index in [1.165, 1.54) is 6.07 Å². The van der Waals surface area contributed by atoms with E-state index in [9.17, 15) is 18.0 Å². The number of aryl methyl sites for hydroxylation is 1. The molecule has 1 rings (SSSR count). The van der Waals surface area contributed by atoms with Gasteiger partial charge in [0.1, 0.15) is 5.75 Å². The molecule has 1 aromatic rings. The molecule has 1 amide bonds. The summed E-state index contributed by atoms with van der Waals surface area (Å²) in [4.78, 5) is 11.9. The van der Waals surface area contributed by atoms with Gasteiger partial charge in [-0.25, -0.2) is 0 Å². The predicted octanol–water partition coefficient (Wildman–Crippen LogP) is 3.35. The van der Waals surface area contributed by atoms with E-state index >= 15 is 0 Å². The van der Waals surface area contributed by atoms with E-state index < -0.39 is 18.8 Å². The molecule has 138 valence electrons. The molecule has 0 spiro atoms. The first-order valence-electron chi connectivity index (χ1n) is 7.41. The number of alkyl halides is 3. The van der Waals surface area contributed by atoms with E-state index in [1.807, 2.05) is 13.8 Å². The fraction of sp³-hybridized carbons (Fsp3) is 0.562. The monoisotopic (exact) mass is 368 g/mol. The number of carbonyl (C=O) groups excluding carboxylic acids is 1. The lowest BCUT2D eigenvalue weighted by Crippen LogP contribution is -2.41. The number of hydrogen-bond acceptors (Lipinski definition) is 3. The molecule has 0 unspecified atom stereocenters. The van der Waals surface area contributed by atoms with Gasteiger partial charge in [-0.1, -0.05) is 26.0 Å². The molecule has 8 heteroatoms. The summed E-state index contributed by atoms with van der Waals surface area (Å²) in [5, 5.41) is 2.64. The molecule has 3 N–H and O–H groups in total. The Kier molecular flexibility index (Phi) is 9.14. The second kappa shape index (κ2) is 9.74. The zero-order valence-electron chi connectivity index (χ0n) is 13.9. The Hall–Kier alpha value is -1.47. The van der Waals surface area contributed by atoms with Gasteiger partial charge in [0.25, 0.3) is 0 Å². The van der Waals surface area contributed by atoms with Gasteiger partial charge in [-0.2, -0.15) is 13.2 Å². The summed E-state index contributed by atoms with van der Waals surface area (Å²) in [7, 11) is 0. The molecule has 0 bridgehead atoms. The average molecular weight is 369 g/mol. The molecule has 0 aromatic heterocycles. The molecule has 0 fully saturated rings. The summed E-state index contributed by atoms with van der Waals surface area (Å²) in [6, 6.07) is 4.26. The molecule has 0 heterocycles. The minimum atomic E-state index is -4.41. The van der Waals surface area contributed by atoms with E-state index in [0.717, 1.165) is 5.56 Å². The Morgan fingerprint density at radius 3 is 2.50 bits per heavy atom. The number of amides is 1. The molecule has 1 aromatic carbocycles. The van der Waals surface area contributed by atoms with Gasteiger partial charge in [-0.15, -0.1) is 12.4 Å². The molecule has 0 radical (unpaired) electrons. The van der Waals surface area contributed by atoms with Crippen LogP contribution >= 0.6 is 12.4 Å². The van der Waals surface area contributed by atoms with Crippen LogP contribution in [0.5, 0.6) is 5.75 Å². The Bertz CT molecular complexity index is 537. The third-order valence-electron chi connectivity index (χ3n) is 3.13. The zero-order chi connectivity index (χ0) is 17.6. The first kappa shape index (κ1) is 22.5. The lowest BCUT2D eigenvalue weighted by molar-refractivity contribution is -0.153. The van der Waals surface area contributed by atoms with Gasteiger partial charge in [0.2, 0.25) is 5.91 Å². The van der Waals surface area contributed by atoms with Gasteiger partial charge < -0.3 is 15.8 Å². The minimum Gasteiger partial charge on any atom is -0.484 e. The van der Waals surface area contributed by atoms with Crippen molar-refractivity contribution in [2.75, 3.05) is 6.61 Å². The molecular formula is C16H24ClF3N2O2. The van der Waals surface area contributed by atoms with Crippen LogP contribution in [-0.2, 0) is 11.3 Å². The first-order chi connectivity index (χ1) is 10.6. The van der Waals surface area contributed by atoms with E-state index in [-0.39, 0.29) is 36.5 Å². The van der Waals surface area contributed by atoms with Gasteiger partial charge >= 0.3 is 6.18 Å².